The molecule has 2 aromatic heterocycles. The molecule has 0 atom stereocenters. The zero-order valence-corrected chi connectivity index (χ0v) is 14.9. The Hall–Kier alpha value is -2.28. The Balaban J connectivity index is 2.13. The summed E-state index contributed by atoms with van der Waals surface area (Å²) in [6, 6.07) is 3.89. The summed E-state index contributed by atoms with van der Waals surface area (Å²) < 4.78 is 4.80. The van der Waals surface area contributed by atoms with Crippen LogP contribution in [0.25, 0.3) is 10.6 Å². The third kappa shape index (κ3) is 4.61. The number of hydrogen-bond acceptors (Lipinski definition) is 6. The minimum atomic E-state index is -0.452. The van der Waals surface area contributed by atoms with Crippen LogP contribution in [0.5, 0.6) is 0 Å². The fourth-order valence-corrected chi connectivity index (χ4v) is 3.16. The molecule has 0 unspecified atom stereocenters. The maximum absolute atomic E-state index is 12.2. The van der Waals surface area contributed by atoms with Gasteiger partial charge in [-0.3, -0.25) is 14.6 Å². The number of rotatable bonds is 7. The molecule has 1 amide bonds. The van der Waals surface area contributed by atoms with Crippen LogP contribution in [0.4, 0.5) is 0 Å². The number of aryl methyl sites for hydroxylation is 2. The maximum atomic E-state index is 12.2. The molecule has 24 heavy (non-hydrogen) atoms. The molecule has 0 bridgehead atoms. The van der Waals surface area contributed by atoms with E-state index in [-0.39, 0.29) is 12.5 Å². The second kappa shape index (κ2) is 8.54. The van der Waals surface area contributed by atoms with Gasteiger partial charge in [0.2, 0.25) is 0 Å². The van der Waals surface area contributed by atoms with Crippen molar-refractivity contribution in [3.8, 4) is 10.6 Å². The molecule has 2 aromatic rings. The summed E-state index contributed by atoms with van der Waals surface area (Å²) in [6.07, 6.45) is 3.69. The number of amides is 1. The highest BCUT2D eigenvalue weighted by Gasteiger charge is 2.17. The first-order chi connectivity index (χ1) is 11.5. The van der Waals surface area contributed by atoms with E-state index in [1.807, 2.05) is 12.1 Å². The van der Waals surface area contributed by atoms with Crippen LogP contribution in [0, 0.1) is 6.92 Å². The smallest absolute Gasteiger partial charge is 0.325 e. The molecule has 0 spiro atoms. The number of thiazole rings is 1. The van der Waals surface area contributed by atoms with Crippen molar-refractivity contribution >= 4 is 23.2 Å². The highest BCUT2D eigenvalue weighted by atomic mass is 32.1. The van der Waals surface area contributed by atoms with Gasteiger partial charge < -0.3 is 10.1 Å². The molecule has 1 N–H and O–H groups in total. The van der Waals surface area contributed by atoms with Crippen LogP contribution in [0.1, 0.15) is 41.3 Å². The summed E-state index contributed by atoms with van der Waals surface area (Å²) >= 11 is 1.31. The van der Waals surface area contributed by atoms with Crippen LogP contribution in [-0.4, -0.2) is 35.0 Å². The number of ether oxygens (including phenoxy) is 1. The molecular weight excluding hydrogens is 326 g/mol. The van der Waals surface area contributed by atoms with E-state index in [9.17, 15) is 9.59 Å². The largest absolute Gasteiger partial charge is 0.465 e. The number of esters is 1. The number of nitrogens with zero attached hydrogens (tertiary/aromatic N) is 2. The number of pyridine rings is 1. The number of carbonyl (C=O) groups is 2. The number of hydrogen-bond donors (Lipinski definition) is 1. The van der Waals surface area contributed by atoms with E-state index < -0.39 is 5.97 Å². The third-order valence-corrected chi connectivity index (χ3v) is 4.48. The van der Waals surface area contributed by atoms with Crippen molar-refractivity contribution in [1.82, 2.24) is 15.3 Å². The van der Waals surface area contributed by atoms with Crippen LogP contribution < -0.4 is 5.32 Å². The van der Waals surface area contributed by atoms with E-state index in [1.54, 1.807) is 20.0 Å². The topological polar surface area (TPSA) is 81.2 Å². The predicted octanol–water partition coefficient (Wildman–Crippen LogP) is 2.76. The first-order valence-electron chi connectivity index (χ1n) is 7.91. The van der Waals surface area contributed by atoms with Gasteiger partial charge in [0, 0.05) is 17.5 Å². The Labute approximate surface area is 145 Å². The second-order valence-corrected chi connectivity index (χ2v) is 6.21. The molecule has 0 aliphatic carbocycles. The van der Waals surface area contributed by atoms with Gasteiger partial charge in [0.1, 0.15) is 16.4 Å². The van der Waals surface area contributed by atoms with Gasteiger partial charge in [-0.1, -0.05) is 13.3 Å². The van der Waals surface area contributed by atoms with Crippen molar-refractivity contribution in [1.29, 1.82) is 0 Å². The average molecular weight is 347 g/mol. The molecule has 0 saturated carbocycles. The quantitative estimate of drug-likeness (QED) is 0.779. The molecular formula is C17H21N3O3S. The average Bonchev–Trinajstić information content (AvgIpc) is 2.95. The van der Waals surface area contributed by atoms with E-state index in [2.05, 4.69) is 22.2 Å². The molecule has 128 valence electrons. The Bertz CT molecular complexity index is 728. The molecule has 0 saturated heterocycles. The minimum Gasteiger partial charge on any atom is -0.465 e. The van der Waals surface area contributed by atoms with Crippen LogP contribution >= 0.6 is 11.3 Å². The van der Waals surface area contributed by atoms with Crippen LogP contribution in [0.3, 0.4) is 0 Å². The van der Waals surface area contributed by atoms with Gasteiger partial charge in [-0.05, 0) is 32.4 Å². The molecule has 0 radical (unpaired) electrons. The summed E-state index contributed by atoms with van der Waals surface area (Å²) in [4.78, 5) is 32.9. The van der Waals surface area contributed by atoms with Gasteiger partial charge >= 0.3 is 5.97 Å². The highest BCUT2D eigenvalue weighted by Crippen LogP contribution is 2.28. The van der Waals surface area contributed by atoms with Crippen molar-refractivity contribution in [3.63, 3.8) is 0 Å². The number of aromatic nitrogens is 2. The van der Waals surface area contributed by atoms with Crippen LogP contribution in [-0.2, 0) is 16.0 Å². The lowest BCUT2D eigenvalue weighted by atomic mass is 10.2. The highest BCUT2D eigenvalue weighted by molar-refractivity contribution is 7.17. The predicted molar refractivity (Wildman–Crippen MR) is 93.0 cm³/mol. The first-order valence-corrected chi connectivity index (χ1v) is 8.73. The SMILES string of the molecule is CCCc1cc(-c2nc(C)c(C(=O)NCC(=O)OCC)s2)ccn1. The summed E-state index contributed by atoms with van der Waals surface area (Å²) in [7, 11) is 0. The Kier molecular flexibility index (Phi) is 6.43. The maximum Gasteiger partial charge on any atom is 0.325 e. The lowest BCUT2D eigenvalue weighted by Crippen LogP contribution is -2.30. The summed E-state index contributed by atoms with van der Waals surface area (Å²) in [5, 5.41) is 3.34. The van der Waals surface area contributed by atoms with Crippen molar-refractivity contribution < 1.29 is 14.3 Å². The van der Waals surface area contributed by atoms with E-state index in [1.165, 1.54) is 11.3 Å². The van der Waals surface area contributed by atoms with Crippen molar-refractivity contribution in [2.75, 3.05) is 13.2 Å². The van der Waals surface area contributed by atoms with Gasteiger partial charge in [0.25, 0.3) is 5.91 Å². The molecule has 2 rings (SSSR count). The first kappa shape index (κ1) is 18.1. The van der Waals surface area contributed by atoms with Gasteiger partial charge in [0.05, 0.1) is 12.3 Å². The minimum absolute atomic E-state index is 0.144. The zero-order valence-electron chi connectivity index (χ0n) is 14.1. The van der Waals surface area contributed by atoms with E-state index in [4.69, 9.17) is 4.74 Å². The van der Waals surface area contributed by atoms with Gasteiger partial charge in [-0.2, -0.15) is 0 Å². The Morgan fingerprint density at radius 2 is 2.12 bits per heavy atom. The molecule has 0 aliphatic heterocycles. The molecule has 2 heterocycles. The zero-order chi connectivity index (χ0) is 17.5. The van der Waals surface area contributed by atoms with Crippen LogP contribution in [0.2, 0.25) is 0 Å². The number of nitrogens with one attached hydrogen (secondary N) is 1. The lowest BCUT2D eigenvalue weighted by molar-refractivity contribution is -0.141. The molecule has 0 fully saturated rings. The van der Waals surface area contributed by atoms with E-state index >= 15 is 0 Å². The third-order valence-electron chi connectivity index (χ3n) is 3.27. The molecule has 0 aromatic carbocycles. The number of carbonyl (C=O) groups excluding carboxylic acids is 2. The van der Waals surface area contributed by atoms with Gasteiger partial charge in [0.15, 0.2) is 0 Å². The summed E-state index contributed by atoms with van der Waals surface area (Å²) in [5.74, 6) is -0.765. The Morgan fingerprint density at radius 1 is 1.33 bits per heavy atom. The monoisotopic (exact) mass is 347 g/mol. The standard InChI is InChI=1S/C17H21N3O3S/c1-4-6-13-9-12(7-8-18-13)17-20-11(3)15(24-17)16(22)19-10-14(21)23-5-2/h7-9H,4-6,10H2,1-3H3,(H,19,22). The van der Waals surface area contributed by atoms with E-state index in [0.29, 0.717) is 17.2 Å². The van der Waals surface area contributed by atoms with Crippen molar-refractivity contribution in [3.05, 3.63) is 34.6 Å². The normalized spacial score (nSPS) is 10.5. The molecule has 7 heteroatoms. The summed E-state index contributed by atoms with van der Waals surface area (Å²) in [6.45, 7) is 5.76. The molecule has 0 aliphatic rings. The van der Waals surface area contributed by atoms with E-state index in [0.717, 1.165) is 29.1 Å². The van der Waals surface area contributed by atoms with Crippen molar-refractivity contribution in [2.24, 2.45) is 0 Å². The van der Waals surface area contributed by atoms with Gasteiger partial charge in [-0.15, -0.1) is 11.3 Å². The van der Waals surface area contributed by atoms with Crippen molar-refractivity contribution in [2.45, 2.75) is 33.6 Å². The Morgan fingerprint density at radius 3 is 2.83 bits per heavy atom. The van der Waals surface area contributed by atoms with Crippen LogP contribution in [0.15, 0.2) is 18.3 Å². The molecule has 6 nitrogen and oxygen atoms in total. The lowest BCUT2D eigenvalue weighted by Gasteiger charge is -2.03. The van der Waals surface area contributed by atoms with Gasteiger partial charge in [-0.25, -0.2) is 4.98 Å². The fraction of sp³-hybridized carbons (Fsp3) is 0.412. The second-order valence-electron chi connectivity index (χ2n) is 5.21. The summed E-state index contributed by atoms with van der Waals surface area (Å²) in [5.41, 5.74) is 2.60. The fourth-order valence-electron chi connectivity index (χ4n) is 2.18.